The molecule has 0 radical (unpaired) electrons. The van der Waals surface area contributed by atoms with Gasteiger partial charge in [0.25, 0.3) is 0 Å². The fourth-order valence-electron chi connectivity index (χ4n) is 4.15. The number of halogens is 6. The van der Waals surface area contributed by atoms with Gasteiger partial charge in [0.05, 0.1) is 43.3 Å². The topological polar surface area (TPSA) is 105 Å². The highest BCUT2D eigenvalue weighted by Gasteiger charge is 2.32. The van der Waals surface area contributed by atoms with Gasteiger partial charge in [-0.1, -0.05) is 123 Å². The van der Waals surface area contributed by atoms with Gasteiger partial charge in [-0.3, -0.25) is 0 Å². The van der Waals surface area contributed by atoms with Crippen LogP contribution in [0.3, 0.4) is 0 Å². The van der Waals surface area contributed by atoms with Crippen molar-refractivity contribution in [2.45, 2.75) is 66.2 Å². The standard InChI is InChI=1S/C30H32Cl6O8/c1-5-9-15(7-3)13-41-27(37)21-23(35)17(31)11-19(33)25(21)43-29(39)30(40)44-26-20(34)12-18(32)24(36)22(26)28(38)42-14-16(8-4)10-6-2/h11-12,15-16H,5-10,13-14H2,1-4H3. The number of rotatable bonds is 14. The van der Waals surface area contributed by atoms with Crippen LogP contribution in [0.15, 0.2) is 12.1 Å². The summed E-state index contributed by atoms with van der Waals surface area (Å²) in [6, 6.07) is 2.24. The third-order valence-electron chi connectivity index (χ3n) is 6.67. The molecule has 0 aliphatic heterocycles. The van der Waals surface area contributed by atoms with E-state index in [2.05, 4.69) is 0 Å². The van der Waals surface area contributed by atoms with Crippen molar-refractivity contribution in [2.75, 3.05) is 13.2 Å². The second-order valence-electron chi connectivity index (χ2n) is 9.82. The predicted octanol–water partition coefficient (Wildman–Crippen LogP) is 10.1. The van der Waals surface area contributed by atoms with Crippen LogP contribution in [0.4, 0.5) is 0 Å². The summed E-state index contributed by atoms with van der Waals surface area (Å²) in [7, 11) is 0. The largest absolute Gasteiger partial charge is 0.462 e. The van der Waals surface area contributed by atoms with Crippen LogP contribution in [-0.4, -0.2) is 37.1 Å². The molecular formula is C30H32Cl6O8. The van der Waals surface area contributed by atoms with Gasteiger partial charge in [-0.25, -0.2) is 19.2 Å². The summed E-state index contributed by atoms with van der Waals surface area (Å²) in [6.45, 7) is 8.03. The Morgan fingerprint density at radius 3 is 1.23 bits per heavy atom. The Bertz CT molecular complexity index is 1280. The molecule has 0 saturated carbocycles. The predicted molar refractivity (Wildman–Crippen MR) is 172 cm³/mol. The van der Waals surface area contributed by atoms with Crippen LogP contribution < -0.4 is 9.47 Å². The van der Waals surface area contributed by atoms with E-state index in [1.165, 1.54) is 0 Å². The number of carbonyl (C=O) groups is 4. The first-order valence-corrected chi connectivity index (χ1v) is 16.2. The highest BCUT2D eigenvalue weighted by atomic mass is 35.5. The summed E-state index contributed by atoms with van der Waals surface area (Å²) in [5, 5.41) is -1.51. The Morgan fingerprint density at radius 1 is 0.591 bits per heavy atom. The van der Waals surface area contributed by atoms with Crippen molar-refractivity contribution < 1.29 is 38.1 Å². The molecule has 0 saturated heterocycles. The van der Waals surface area contributed by atoms with E-state index in [1.54, 1.807) is 0 Å². The summed E-state index contributed by atoms with van der Waals surface area (Å²) >= 11 is 37.2. The molecule has 0 aliphatic carbocycles. The molecule has 0 fully saturated rings. The molecule has 44 heavy (non-hydrogen) atoms. The molecule has 0 heterocycles. The summed E-state index contributed by atoms with van der Waals surface area (Å²) in [5.74, 6) is -6.26. The maximum atomic E-state index is 13.0. The molecular weight excluding hydrogens is 701 g/mol. The van der Waals surface area contributed by atoms with Gasteiger partial charge in [0, 0.05) is 0 Å². The Morgan fingerprint density at radius 2 is 0.932 bits per heavy atom. The van der Waals surface area contributed by atoms with Crippen molar-refractivity contribution in [1.29, 1.82) is 0 Å². The maximum Gasteiger partial charge on any atom is 0.423 e. The number of esters is 4. The monoisotopic (exact) mass is 730 g/mol. The summed E-state index contributed by atoms with van der Waals surface area (Å²) in [5.41, 5.74) is -0.933. The summed E-state index contributed by atoms with van der Waals surface area (Å²) < 4.78 is 21.1. The van der Waals surface area contributed by atoms with Gasteiger partial charge in [0.15, 0.2) is 11.5 Å². The first-order chi connectivity index (χ1) is 20.8. The zero-order valence-electron chi connectivity index (χ0n) is 24.5. The van der Waals surface area contributed by atoms with Gasteiger partial charge in [-0.15, -0.1) is 0 Å². The van der Waals surface area contributed by atoms with Crippen molar-refractivity contribution >= 4 is 93.5 Å². The second-order valence-corrected chi connectivity index (χ2v) is 12.2. The fraction of sp³-hybridized carbons (Fsp3) is 0.467. The third-order valence-corrected chi connectivity index (χ3v) is 8.80. The lowest BCUT2D eigenvalue weighted by Gasteiger charge is -2.18. The Kier molecular flexibility index (Phi) is 15.9. The quantitative estimate of drug-likeness (QED) is 0.0818. The van der Waals surface area contributed by atoms with E-state index < -0.39 is 46.5 Å². The number of hydrogen-bond donors (Lipinski definition) is 0. The summed E-state index contributed by atoms with van der Waals surface area (Å²) in [4.78, 5) is 51.9. The van der Waals surface area contributed by atoms with Crippen LogP contribution in [0.25, 0.3) is 0 Å². The minimum Gasteiger partial charge on any atom is -0.462 e. The van der Waals surface area contributed by atoms with Crippen molar-refractivity contribution in [1.82, 2.24) is 0 Å². The average molecular weight is 733 g/mol. The second kappa shape index (κ2) is 18.3. The van der Waals surface area contributed by atoms with E-state index in [1.807, 2.05) is 27.7 Å². The number of hydrogen-bond acceptors (Lipinski definition) is 8. The molecule has 2 aromatic carbocycles. The maximum absolute atomic E-state index is 13.0. The first kappa shape index (κ1) is 38.2. The van der Waals surface area contributed by atoms with Crippen LogP contribution in [-0.2, 0) is 19.1 Å². The minimum absolute atomic E-state index is 0.0607. The van der Waals surface area contributed by atoms with E-state index in [0.29, 0.717) is 0 Å². The zero-order chi connectivity index (χ0) is 33.1. The van der Waals surface area contributed by atoms with Gasteiger partial charge in [-0.2, -0.15) is 0 Å². The molecule has 0 spiro atoms. The van der Waals surface area contributed by atoms with Crippen LogP contribution in [0, 0.1) is 11.8 Å². The molecule has 0 N–H and O–H groups in total. The highest BCUT2D eigenvalue weighted by Crippen LogP contribution is 2.42. The lowest BCUT2D eigenvalue weighted by atomic mass is 10.0. The lowest BCUT2D eigenvalue weighted by molar-refractivity contribution is -0.156. The number of ether oxygens (including phenoxy) is 4. The number of benzene rings is 2. The minimum atomic E-state index is -1.65. The van der Waals surface area contributed by atoms with Crippen LogP contribution in [0.2, 0.25) is 30.1 Å². The molecule has 14 heteroatoms. The molecule has 242 valence electrons. The van der Waals surface area contributed by atoms with E-state index in [9.17, 15) is 19.2 Å². The van der Waals surface area contributed by atoms with E-state index in [0.717, 1.165) is 50.7 Å². The molecule has 0 amide bonds. The van der Waals surface area contributed by atoms with E-state index in [4.69, 9.17) is 88.6 Å². The molecule has 2 atom stereocenters. The Balaban J connectivity index is 2.37. The molecule has 0 aliphatic rings. The fourth-order valence-corrected chi connectivity index (χ4v) is 5.59. The van der Waals surface area contributed by atoms with Gasteiger partial charge < -0.3 is 18.9 Å². The van der Waals surface area contributed by atoms with Crippen LogP contribution in [0.1, 0.15) is 86.9 Å². The van der Waals surface area contributed by atoms with E-state index >= 15 is 0 Å². The van der Waals surface area contributed by atoms with Crippen molar-refractivity contribution in [3.63, 3.8) is 0 Å². The molecule has 0 bridgehead atoms. The zero-order valence-corrected chi connectivity index (χ0v) is 29.0. The lowest BCUT2D eigenvalue weighted by Crippen LogP contribution is -2.27. The van der Waals surface area contributed by atoms with Gasteiger partial charge >= 0.3 is 23.9 Å². The Labute approximate surface area is 286 Å². The van der Waals surface area contributed by atoms with Crippen molar-refractivity contribution in [3.8, 4) is 11.5 Å². The molecule has 0 aromatic heterocycles. The SMILES string of the molecule is CCCC(CC)COC(=O)c1c(Cl)c(Cl)cc(Cl)c1OC(=O)C(=O)Oc1c(Cl)cc(Cl)c(Cl)c1C(=O)OCC(CC)CCC. The molecule has 2 aromatic rings. The average Bonchev–Trinajstić information content (AvgIpc) is 2.98. The molecule has 8 nitrogen and oxygen atoms in total. The van der Waals surface area contributed by atoms with Gasteiger partial charge in [0.2, 0.25) is 0 Å². The summed E-state index contributed by atoms with van der Waals surface area (Å²) in [6.07, 6.45) is 4.89. The molecule has 2 unspecified atom stereocenters. The third kappa shape index (κ3) is 10.0. The van der Waals surface area contributed by atoms with Gasteiger partial charge in [-0.05, 0) is 36.8 Å². The van der Waals surface area contributed by atoms with Gasteiger partial charge in [0.1, 0.15) is 11.1 Å². The van der Waals surface area contributed by atoms with E-state index in [-0.39, 0.29) is 55.2 Å². The smallest absolute Gasteiger partial charge is 0.423 e. The van der Waals surface area contributed by atoms with Crippen molar-refractivity contribution in [2.24, 2.45) is 11.8 Å². The Hall–Kier alpha value is -1.94. The van der Waals surface area contributed by atoms with Crippen molar-refractivity contribution in [3.05, 3.63) is 53.4 Å². The first-order valence-electron chi connectivity index (χ1n) is 13.9. The highest BCUT2D eigenvalue weighted by molar-refractivity contribution is 6.47. The van der Waals surface area contributed by atoms with Crippen LogP contribution in [0.5, 0.6) is 11.5 Å². The normalized spacial score (nSPS) is 12.3. The van der Waals surface area contributed by atoms with Crippen LogP contribution >= 0.6 is 69.6 Å². The number of carbonyl (C=O) groups excluding carboxylic acids is 4. The molecule has 2 rings (SSSR count).